The highest BCUT2D eigenvalue weighted by Crippen LogP contribution is 2.35. The van der Waals surface area contributed by atoms with E-state index in [1.807, 2.05) is 0 Å². The van der Waals surface area contributed by atoms with Crippen LogP contribution in [0.2, 0.25) is 0 Å². The summed E-state index contributed by atoms with van der Waals surface area (Å²) < 4.78 is 37.1. The fourth-order valence-corrected chi connectivity index (χ4v) is 1.97. The van der Waals surface area contributed by atoms with Gasteiger partial charge in [0.1, 0.15) is 12.0 Å². The fourth-order valence-electron chi connectivity index (χ4n) is 1.97. The van der Waals surface area contributed by atoms with Gasteiger partial charge in [-0.05, 0) is 18.9 Å². The Morgan fingerprint density at radius 1 is 1.13 bits per heavy atom. The van der Waals surface area contributed by atoms with Gasteiger partial charge in [0.2, 0.25) is 0 Å². The van der Waals surface area contributed by atoms with Crippen LogP contribution in [0.25, 0.3) is 0 Å². The summed E-state index contributed by atoms with van der Waals surface area (Å²) in [5.74, 6) is 0.189. The topological polar surface area (TPSA) is 25.8 Å². The summed E-state index contributed by atoms with van der Waals surface area (Å²) >= 11 is 0. The van der Waals surface area contributed by atoms with Crippen molar-refractivity contribution in [2.24, 2.45) is 0 Å². The highest BCUT2D eigenvalue weighted by molar-refractivity contribution is 5.15. The molecule has 1 aliphatic rings. The van der Waals surface area contributed by atoms with E-state index in [0.29, 0.717) is 5.69 Å². The standard InChI is InChI=1S/C10H11F3N2/c11-10(12,13)9-5-8(14-6-15-9)7-3-1-2-4-7/h5-7H,1-4H2. The first-order valence-corrected chi connectivity index (χ1v) is 4.96. The lowest BCUT2D eigenvalue weighted by Crippen LogP contribution is -2.10. The van der Waals surface area contributed by atoms with Crippen molar-refractivity contribution in [3.63, 3.8) is 0 Å². The Balaban J connectivity index is 2.26. The molecule has 5 heteroatoms. The zero-order valence-corrected chi connectivity index (χ0v) is 8.09. The van der Waals surface area contributed by atoms with Crippen molar-refractivity contribution in [3.8, 4) is 0 Å². The van der Waals surface area contributed by atoms with Gasteiger partial charge >= 0.3 is 6.18 Å². The van der Waals surface area contributed by atoms with Crippen molar-refractivity contribution < 1.29 is 13.2 Å². The third kappa shape index (κ3) is 2.27. The second-order valence-corrected chi connectivity index (χ2v) is 3.81. The minimum Gasteiger partial charge on any atom is -0.241 e. The SMILES string of the molecule is FC(F)(F)c1cc(C2CCCC2)ncn1. The van der Waals surface area contributed by atoms with Crippen LogP contribution in [0, 0.1) is 0 Å². The number of alkyl halides is 3. The maximum Gasteiger partial charge on any atom is 0.433 e. The minimum absolute atomic E-state index is 0.189. The van der Waals surface area contributed by atoms with E-state index in [9.17, 15) is 13.2 Å². The zero-order chi connectivity index (χ0) is 10.9. The maximum absolute atomic E-state index is 12.4. The van der Waals surface area contributed by atoms with Crippen LogP contribution in [-0.2, 0) is 6.18 Å². The Morgan fingerprint density at radius 3 is 2.40 bits per heavy atom. The summed E-state index contributed by atoms with van der Waals surface area (Å²) in [5, 5.41) is 0. The van der Waals surface area contributed by atoms with E-state index in [1.165, 1.54) is 0 Å². The molecule has 82 valence electrons. The van der Waals surface area contributed by atoms with Crippen LogP contribution in [0.5, 0.6) is 0 Å². The Labute approximate surface area is 85.6 Å². The van der Waals surface area contributed by atoms with Gasteiger partial charge < -0.3 is 0 Å². The molecular weight excluding hydrogens is 205 g/mol. The average Bonchev–Trinajstić information content (AvgIpc) is 2.69. The molecular formula is C10H11F3N2. The van der Waals surface area contributed by atoms with Gasteiger partial charge in [-0.3, -0.25) is 0 Å². The third-order valence-electron chi connectivity index (χ3n) is 2.75. The molecule has 15 heavy (non-hydrogen) atoms. The predicted molar refractivity (Wildman–Crippen MR) is 48.2 cm³/mol. The number of aromatic nitrogens is 2. The second-order valence-electron chi connectivity index (χ2n) is 3.81. The van der Waals surface area contributed by atoms with Crippen molar-refractivity contribution in [3.05, 3.63) is 23.8 Å². The van der Waals surface area contributed by atoms with Gasteiger partial charge in [0, 0.05) is 11.6 Å². The maximum atomic E-state index is 12.4. The lowest BCUT2D eigenvalue weighted by molar-refractivity contribution is -0.141. The number of rotatable bonds is 1. The van der Waals surface area contributed by atoms with E-state index >= 15 is 0 Å². The summed E-state index contributed by atoms with van der Waals surface area (Å²) in [4.78, 5) is 7.17. The molecule has 1 saturated carbocycles. The number of halogens is 3. The van der Waals surface area contributed by atoms with Crippen LogP contribution in [0.15, 0.2) is 12.4 Å². The smallest absolute Gasteiger partial charge is 0.241 e. The van der Waals surface area contributed by atoms with Gasteiger partial charge in [-0.1, -0.05) is 12.8 Å². The summed E-state index contributed by atoms with van der Waals surface area (Å²) in [7, 11) is 0. The largest absolute Gasteiger partial charge is 0.433 e. The van der Waals surface area contributed by atoms with Crippen LogP contribution in [0.4, 0.5) is 13.2 Å². The number of hydrogen-bond donors (Lipinski definition) is 0. The molecule has 0 radical (unpaired) electrons. The fraction of sp³-hybridized carbons (Fsp3) is 0.600. The molecule has 0 saturated heterocycles. The number of nitrogens with zero attached hydrogens (tertiary/aromatic N) is 2. The van der Waals surface area contributed by atoms with Gasteiger partial charge in [0.25, 0.3) is 0 Å². The molecule has 0 atom stereocenters. The molecule has 0 aliphatic heterocycles. The monoisotopic (exact) mass is 216 g/mol. The molecule has 0 amide bonds. The van der Waals surface area contributed by atoms with Crippen LogP contribution in [0.1, 0.15) is 43.0 Å². The predicted octanol–water partition coefficient (Wildman–Crippen LogP) is 3.15. The molecule has 0 N–H and O–H groups in total. The Morgan fingerprint density at radius 2 is 1.80 bits per heavy atom. The second kappa shape index (κ2) is 3.79. The third-order valence-corrected chi connectivity index (χ3v) is 2.75. The van der Waals surface area contributed by atoms with E-state index in [1.54, 1.807) is 0 Å². The molecule has 1 aliphatic carbocycles. The molecule has 0 bridgehead atoms. The average molecular weight is 216 g/mol. The lowest BCUT2D eigenvalue weighted by Gasteiger charge is -2.10. The van der Waals surface area contributed by atoms with Crippen LogP contribution >= 0.6 is 0 Å². The molecule has 0 aromatic carbocycles. The highest BCUT2D eigenvalue weighted by atomic mass is 19.4. The number of hydrogen-bond acceptors (Lipinski definition) is 2. The van der Waals surface area contributed by atoms with E-state index in [-0.39, 0.29) is 5.92 Å². The molecule has 1 heterocycles. The first-order chi connectivity index (χ1) is 7.07. The molecule has 0 unspecified atom stereocenters. The van der Waals surface area contributed by atoms with Crippen LogP contribution in [0.3, 0.4) is 0 Å². The van der Waals surface area contributed by atoms with Crippen molar-refractivity contribution in [1.29, 1.82) is 0 Å². The molecule has 1 aromatic rings. The van der Waals surface area contributed by atoms with Gasteiger partial charge in [0.05, 0.1) is 0 Å². The first-order valence-electron chi connectivity index (χ1n) is 4.96. The van der Waals surface area contributed by atoms with Crippen molar-refractivity contribution >= 4 is 0 Å². The summed E-state index contributed by atoms with van der Waals surface area (Å²) in [6.07, 6.45) is 0.682. The molecule has 1 fully saturated rings. The summed E-state index contributed by atoms with van der Waals surface area (Å²) in [6, 6.07) is 1.08. The van der Waals surface area contributed by atoms with Gasteiger partial charge in [-0.2, -0.15) is 13.2 Å². The Hall–Kier alpha value is -1.13. The molecule has 1 aromatic heterocycles. The summed E-state index contributed by atoms with van der Waals surface area (Å²) in [6.45, 7) is 0. The molecule has 0 spiro atoms. The Bertz CT molecular complexity index is 343. The van der Waals surface area contributed by atoms with E-state index in [0.717, 1.165) is 38.1 Å². The van der Waals surface area contributed by atoms with Crippen molar-refractivity contribution in [2.45, 2.75) is 37.8 Å². The molecule has 2 rings (SSSR count). The quantitative estimate of drug-likeness (QED) is 0.720. The van der Waals surface area contributed by atoms with E-state index in [4.69, 9.17) is 0 Å². The molecule has 2 nitrogen and oxygen atoms in total. The highest BCUT2D eigenvalue weighted by Gasteiger charge is 2.33. The first kappa shape index (κ1) is 10.4. The Kier molecular flexibility index (Phi) is 2.63. The van der Waals surface area contributed by atoms with Crippen molar-refractivity contribution in [2.75, 3.05) is 0 Å². The van der Waals surface area contributed by atoms with Crippen molar-refractivity contribution in [1.82, 2.24) is 9.97 Å². The normalized spacial score (nSPS) is 18.3. The lowest BCUT2D eigenvalue weighted by atomic mass is 10.0. The van der Waals surface area contributed by atoms with Gasteiger partial charge in [-0.15, -0.1) is 0 Å². The van der Waals surface area contributed by atoms with Gasteiger partial charge in [-0.25, -0.2) is 9.97 Å². The van der Waals surface area contributed by atoms with Crippen LogP contribution < -0.4 is 0 Å². The van der Waals surface area contributed by atoms with E-state index < -0.39 is 11.9 Å². The summed E-state index contributed by atoms with van der Waals surface area (Å²) in [5.41, 5.74) is -0.297. The minimum atomic E-state index is -4.36. The van der Waals surface area contributed by atoms with E-state index in [2.05, 4.69) is 9.97 Å². The van der Waals surface area contributed by atoms with Crippen LogP contribution in [-0.4, -0.2) is 9.97 Å². The zero-order valence-electron chi connectivity index (χ0n) is 8.09. The van der Waals surface area contributed by atoms with Gasteiger partial charge in [0.15, 0.2) is 0 Å².